The summed E-state index contributed by atoms with van der Waals surface area (Å²) in [7, 11) is 0. The standard InChI is InChI=1S/C29H29F4N5O3/c1-19-24(27(40)38(26(19)39)23-11-6-20(18-34)25(17-23)29(31,32)33)5-3-2-4-12-36-13-15-37(16-14-36)28(41)35-22-9-7-21(30)8-10-22/h6-11,17H,2-5,12-16H2,1H3,(H,35,41). The maximum Gasteiger partial charge on any atom is 0.417 e. The number of amides is 4. The van der Waals surface area contributed by atoms with Gasteiger partial charge in [0, 0.05) is 43.0 Å². The highest BCUT2D eigenvalue weighted by Gasteiger charge is 2.39. The summed E-state index contributed by atoms with van der Waals surface area (Å²) in [6.07, 6.45) is -2.24. The number of carbonyl (C=O) groups is 3. The van der Waals surface area contributed by atoms with Crippen LogP contribution in [0.5, 0.6) is 0 Å². The maximum absolute atomic E-state index is 13.4. The van der Waals surface area contributed by atoms with Crippen LogP contribution in [0.2, 0.25) is 0 Å². The molecule has 1 N–H and O–H groups in total. The van der Waals surface area contributed by atoms with Gasteiger partial charge in [-0.1, -0.05) is 6.42 Å². The van der Waals surface area contributed by atoms with Crippen molar-refractivity contribution >= 4 is 29.2 Å². The Bertz CT molecular complexity index is 1390. The van der Waals surface area contributed by atoms with Gasteiger partial charge in [-0.15, -0.1) is 0 Å². The smallest absolute Gasteiger partial charge is 0.322 e. The van der Waals surface area contributed by atoms with E-state index in [4.69, 9.17) is 5.26 Å². The first-order valence-corrected chi connectivity index (χ1v) is 13.2. The van der Waals surface area contributed by atoms with E-state index in [0.717, 1.165) is 30.4 Å². The predicted octanol–water partition coefficient (Wildman–Crippen LogP) is 5.32. The van der Waals surface area contributed by atoms with Gasteiger partial charge >= 0.3 is 12.2 Å². The number of halogens is 4. The molecule has 0 spiro atoms. The normalized spacial score (nSPS) is 16.4. The number of nitrogens with zero attached hydrogens (tertiary/aromatic N) is 4. The van der Waals surface area contributed by atoms with Gasteiger partial charge in [0.2, 0.25) is 0 Å². The zero-order valence-corrected chi connectivity index (χ0v) is 22.4. The highest BCUT2D eigenvalue weighted by molar-refractivity contribution is 6.32. The van der Waals surface area contributed by atoms with Crippen molar-refractivity contribution in [1.29, 1.82) is 5.26 Å². The quantitative estimate of drug-likeness (QED) is 0.263. The van der Waals surface area contributed by atoms with Crippen LogP contribution >= 0.6 is 0 Å². The second-order valence-electron chi connectivity index (χ2n) is 9.97. The van der Waals surface area contributed by atoms with Gasteiger partial charge in [0.1, 0.15) is 5.82 Å². The molecule has 4 rings (SSSR count). The molecule has 0 aromatic heterocycles. The molecule has 0 unspecified atom stereocenters. The molecule has 0 saturated carbocycles. The molecule has 2 heterocycles. The van der Waals surface area contributed by atoms with Crippen LogP contribution in [-0.4, -0.2) is 60.4 Å². The first-order chi connectivity index (χ1) is 19.5. The van der Waals surface area contributed by atoms with Crippen molar-refractivity contribution in [2.24, 2.45) is 0 Å². The molecule has 8 nitrogen and oxygen atoms in total. The summed E-state index contributed by atoms with van der Waals surface area (Å²) in [5.41, 5.74) is -0.973. The summed E-state index contributed by atoms with van der Waals surface area (Å²) in [4.78, 5) is 42.9. The van der Waals surface area contributed by atoms with E-state index in [2.05, 4.69) is 10.2 Å². The molecule has 4 amide bonds. The number of hydrogen-bond donors (Lipinski definition) is 1. The second kappa shape index (κ2) is 12.5. The lowest BCUT2D eigenvalue weighted by Gasteiger charge is -2.34. The number of nitrogens with one attached hydrogen (secondary N) is 1. The maximum atomic E-state index is 13.4. The van der Waals surface area contributed by atoms with E-state index in [0.29, 0.717) is 50.8 Å². The molecule has 41 heavy (non-hydrogen) atoms. The van der Waals surface area contributed by atoms with E-state index in [1.54, 1.807) is 4.90 Å². The lowest BCUT2D eigenvalue weighted by Crippen LogP contribution is -2.50. The van der Waals surface area contributed by atoms with Gasteiger partial charge in [-0.05, 0) is 75.2 Å². The third-order valence-corrected chi connectivity index (χ3v) is 7.28. The van der Waals surface area contributed by atoms with Gasteiger partial charge in [-0.3, -0.25) is 14.5 Å². The molecule has 0 radical (unpaired) electrons. The molecule has 0 atom stereocenters. The van der Waals surface area contributed by atoms with Crippen LogP contribution in [0.15, 0.2) is 53.6 Å². The first-order valence-electron chi connectivity index (χ1n) is 13.2. The number of rotatable bonds is 8. The van der Waals surface area contributed by atoms with Crippen molar-refractivity contribution in [3.63, 3.8) is 0 Å². The van der Waals surface area contributed by atoms with E-state index < -0.39 is 29.1 Å². The number of benzene rings is 2. The minimum Gasteiger partial charge on any atom is -0.322 e. The molecule has 12 heteroatoms. The van der Waals surface area contributed by atoms with Crippen LogP contribution in [0.25, 0.3) is 0 Å². The van der Waals surface area contributed by atoms with Gasteiger partial charge in [0.25, 0.3) is 11.8 Å². The number of urea groups is 1. The highest BCUT2D eigenvalue weighted by atomic mass is 19.4. The van der Waals surface area contributed by atoms with E-state index >= 15 is 0 Å². The number of nitriles is 1. The fourth-order valence-electron chi connectivity index (χ4n) is 4.94. The van der Waals surface area contributed by atoms with E-state index in [-0.39, 0.29) is 28.7 Å². The minimum absolute atomic E-state index is 0.211. The van der Waals surface area contributed by atoms with Crippen molar-refractivity contribution in [3.8, 4) is 6.07 Å². The van der Waals surface area contributed by atoms with Gasteiger partial charge in [0.05, 0.1) is 22.9 Å². The van der Waals surface area contributed by atoms with E-state index in [9.17, 15) is 31.9 Å². The number of carbonyl (C=O) groups excluding carboxylic acids is 3. The molecule has 0 bridgehead atoms. The fourth-order valence-corrected chi connectivity index (χ4v) is 4.94. The third kappa shape index (κ3) is 6.92. The molecule has 1 fully saturated rings. The van der Waals surface area contributed by atoms with Crippen molar-refractivity contribution < 1.29 is 31.9 Å². The summed E-state index contributed by atoms with van der Waals surface area (Å²) in [6.45, 7) is 4.81. The Morgan fingerprint density at radius 3 is 2.29 bits per heavy atom. The topological polar surface area (TPSA) is 96.8 Å². The van der Waals surface area contributed by atoms with Crippen LogP contribution in [0.3, 0.4) is 0 Å². The van der Waals surface area contributed by atoms with Gasteiger partial charge in [-0.25, -0.2) is 14.1 Å². The largest absolute Gasteiger partial charge is 0.417 e. The lowest BCUT2D eigenvalue weighted by atomic mass is 10.0. The Morgan fingerprint density at radius 2 is 1.66 bits per heavy atom. The van der Waals surface area contributed by atoms with E-state index in [1.165, 1.54) is 43.3 Å². The Labute approximate surface area is 234 Å². The predicted molar refractivity (Wildman–Crippen MR) is 143 cm³/mol. The zero-order valence-electron chi connectivity index (χ0n) is 22.4. The van der Waals surface area contributed by atoms with Crippen molar-refractivity contribution in [3.05, 3.63) is 70.6 Å². The molecule has 2 aromatic carbocycles. The molecule has 1 saturated heterocycles. The average Bonchev–Trinajstić information content (AvgIpc) is 3.16. The molecule has 2 aliphatic rings. The lowest BCUT2D eigenvalue weighted by molar-refractivity contribution is -0.138. The third-order valence-electron chi connectivity index (χ3n) is 7.28. The highest BCUT2D eigenvalue weighted by Crippen LogP contribution is 2.37. The number of piperazine rings is 1. The van der Waals surface area contributed by atoms with Crippen LogP contribution in [-0.2, 0) is 15.8 Å². The molecular weight excluding hydrogens is 542 g/mol. The van der Waals surface area contributed by atoms with Gasteiger partial charge in [0.15, 0.2) is 0 Å². The Hall–Kier alpha value is -4.24. The molecule has 216 valence electrons. The first kappa shape index (κ1) is 29.7. The summed E-state index contributed by atoms with van der Waals surface area (Å²) in [5.74, 6) is -1.68. The average molecular weight is 572 g/mol. The summed E-state index contributed by atoms with van der Waals surface area (Å²) in [6, 6.07) is 9.62. The van der Waals surface area contributed by atoms with Gasteiger partial charge < -0.3 is 10.2 Å². The number of hydrogen-bond acceptors (Lipinski definition) is 5. The van der Waals surface area contributed by atoms with Crippen LogP contribution in [0, 0.1) is 17.1 Å². The van der Waals surface area contributed by atoms with Crippen molar-refractivity contribution in [1.82, 2.24) is 9.80 Å². The van der Waals surface area contributed by atoms with Crippen molar-refractivity contribution in [2.75, 3.05) is 42.9 Å². The van der Waals surface area contributed by atoms with E-state index in [1.807, 2.05) is 0 Å². The number of imide groups is 1. The molecular formula is C29H29F4N5O3. The fraction of sp³-hybridized carbons (Fsp3) is 0.379. The monoisotopic (exact) mass is 571 g/mol. The SMILES string of the molecule is CC1=C(CCCCCN2CCN(C(=O)Nc3ccc(F)cc3)CC2)C(=O)N(c2ccc(C#N)c(C(F)(F)F)c2)C1=O. The Balaban J connectivity index is 1.22. The summed E-state index contributed by atoms with van der Waals surface area (Å²) < 4.78 is 53.2. The number of anilines is 2. The molecule has 0 aliphatic carbocycles. The number of alkyl halides is 3. The Morgan fingerprint density at radius 1 is 0.976 bits per heavy atom. The molecule has 2 aromatic rings. The summed E-state index contributed by atoms with van der Waals surface area (Å²) >= 11 is 0. The summed E-state index contributed by atoms with van der Waals surface area (Å²) in [5, 5.41) is 11.8. The van der Waals surface area contributed by atoms with Crippen LogP contribution in [0.4, 0.5) is 33.7 Å². The van der Waals surface area contributed by atoms with Crippen molar-refractivity contribution in [2.45, 2.75) is 38.8 Å². The molecule has 2 aliphatic heterocycles. The zero-order chi connectivity index (χ0) is 29.7. The van der Waals surface area contributed by atoms with Gasteiger partial charge in [-0.2, -0.15) is 18.4 Å². The second-order valence-corrected chi connectivity index (χ2v) is 9.97. The number of unbranched alkanes of at least 4 members (excludes halogenated alkanes) is 2. The van der Waals surface area contributed by atoms with Crippen LogP contribution < -0.4 is 10.2 Å². The minimum atomic E-state index is -4.80. The Kier molecular flexibility index (Phi) is 9.08. The van der Waals surface area contributed by atoms with Crippen LogP contribution in [0.1, 0.15) is 43.7 Å².